The summed E-state index contributed by atoms with van der Waals surface area (Å²) in [5, 5.41) is 28.2. The van der Waals surface area contributed by atoms with E-state index in [9.17, 15) is 20.2 Å². The van der Waals surface area contributed by atoms with Gasteiger partial charge in [0.1, 0.15) is 12.2 Å². The highest BCUT2D eigenvalue weighted by Crippen LogP contribution is 2.38. The van der Waals surface area contributed by atoms with Gasteiger partial charge in [0.05, 0.1) is 0 Å². The van der Waals surface area contributed by atoms with Crippen LogP contribution in [0.2, 0.25) is 0 Å². The smallest absolute Gasteiger partial charge is 0.344 e. The molecule has 2 aromatic carbocycles. The fourth-order valence-corrected chi connectivity index (χ4v) is 3.21. The molecule has 126 valence electrons. The predicted molar refractivity (Wildman–Crippen MR) is 88.7 cm³/mol. The van der Waals surface area contributed by atoms with Crippen LogP contribution in [0.1, 0.15) is 27.0 Å². The van der Waals surface area contributed by atoms with Gasteiger partial charge in [-0.25, -0.2) is 4.79 Å². The van der Waals surface area contributed by atoms with Crippen molar-refractivity contribution in [1.29, 1.82) is 0 Å². The maximum Gasteiger partial charge on any atom is 0.344 e. The van der Waals surface area contributed by atoms with Crippen molar-refractivity contribution in [2.24, 2.45) is 0 Å². The van der Waals surface area contributed by atoms with Gasteiger partial charge in [0, 0.05) is 6.07 Å². The number of benzene rings is 2. The van der Waals surface area contributed by atoms with Crippen LogP contribution >= 0.6 is 0 Å². The Morgan fingerprint density at radius 1 is 1.08 bits per heavy atom. The number of esters is 1. The molecule has 0 saturated carbocycles. The minimum Gasteiger partial charge on any atom is -0.492 e. The first-order chi connectivity index (χ1) is 12.1. The second kappa shape index (κ2) is 5.59. The zero-order valence-corrected chi connectivity index (χ0v) is 13.1. The van der Waals surface area contributed by atoms with Crippen molar-refractivity contribution in [1.82, 2.24) is 4.73 Å². The van der Waals surface area contributed by atoms with Crippen LogP contribution in [0.5, 0.6) is 11.8 Å². The van der Waals surface area contributed by atoms with Crippen molar-refractivity contribution in [2.45, 2.75) is 13.0 Å². The van der Waals surface area contributed by atoms with Gasteiger partial charge >= 0.3 is 5.97 Å². The van der Waals surface area contributed by atoms with Crippen molar-refractivity contribution >= 4 is 5.97 Å². The lowest BCUT2D eigenvalue weighted by atomic mass is 10.0. The summed E-state index contributed by atoms with van der Waals surface area (Å²) in [5.74, 6) is -2.22. The van der Waals surface area contributed by atoms with E-state index in [-0.39, 0.29) is 16.9 Å². The summed E-state index contributed by atoms with van der Waals surface area (Å²) in [6, 6.07) is 14.9. The fourth-order valence-electron chi connectivity index (χ4n) is 3.21. The molecular weight excluding hydrogens is 322 g/mol. The van der Waals surface area contributed by atoms with Gasteiger partial charge in [-0.15, -0.1) is 4.73 Å². The minimum atomic E-state index is -0.825. The first-order valence-electron chi connectivity index (χ1n) is 7.75. The van der Waals surface area contributed by atoms with E-state index in [1.165, 1.54) is 11.1 Å². The molecule has 3 aromatic rings. The number of aromatic nitrogens is 1. The van der Waals surface area contributed by atoms with Crippen LogP contribution in [0, 0.1) is 0 Å². The molecule has 0 fully saturated rings. The van der Waals surface area contributed by atoms with E-state index in [1.807, 2.05) is 30.3 Å². The fraction of sp³-hybridized carbons (Fsp3) is 0.105. The number of carbonyl (C=O) groups is 1. The lowest BCUT2D eigenvalue weighted by molar-refractivity contribution is 0.0463. The molecule has 6 nitrogen and oxygen atoms in total. The summed E-state index contributed by atoms with van der Waals surface area (Å²) in [4.78, 5) is 12.1. The zero-order valence-electron chi connectivity index (χ0n) is 13.1. The first kappa shape index (κ1) is 15.1. The van der Waals surface area contributed by atoms with E-state index in [0.29, 0.717) is 0 Å². The first-order valence-corrected chi connectivity index (χ1v) is 7.75. The lowest BCUT2D eigenvalue weighted by Gasteiger charge is -2.09. The monoisotopic (exact) mass is 337 g/mol. The van der Waals surface area contributed by atoms with Gasteiger partial charge in [-0.2, -0.15) is 0 Å². The highest BCUT2D eigenvalue weighted by Gasteiger charge is 2.23. The molecule has 1 aliphatic carbocycles. The number of nitrogens with zero attached hydrogens (tertiary/aromatic N) is 1. The number of ether oxygens (including phenoxy) is 1. The van der Waals surface area contributed by atoms with Crippen molar-refractivity contribution in [3.63, 3.8) is 0 Å². The number of hydrogen-bond acceptors (Lipinski definition) is 5. The molecule has 1 heterocycles. The van der Waals surface area contributed by atoms with E-state index < -0.39 is 17.7 Å². The van der Waals surface area contributed by atoms with Gasteiger partial charge < -0.3 is 20.2 Å². The van der Waals surface area contributed by atoms with Crippen LogP contribution in [0.15, 0.2) is 48.5 Å². The standard InChI is InChI=1S/C19H15NO5/c21-17-9-16(18(22)20(17)24)19(23)25-10-12-5-3-7-14-13-6-2-1-4-11(13)8-15(12)14/h1-7,9,21-22,24H,8,10H2. The molecular formula is C19H15NO5. The van der Waals surface area contributed by atoms with Crippen molar-refractivity contribution in [2.75, 3.05) is 0 Å². The molecule has 0 bridgehead atoms. The molecule has 0 saturated heterocycles. The second-order valence-electron chi connectivity index (χ2n) is 5.90. The number of carbonyl (C=O) groups excluding carboxylic acids is 1. The topological polar surface area (TPSA) is 91.9 Å². The van der Waals surface area contributed by atoms with Crippen LogP contribution in [-0.4, -0.2) is 26.1 Å². The average Bonchev–Trinajstić information content (AvgIpc) is 3.13. The average molecular weight is 337 g/mol. The molecule has 4 rings (SSSR count). The number of rotatable bonds is 3. The van der Waals surface area contributed by atoms with Crippen LogP contribution in [0.25, 0.3) is 11.1 Å². The summed E-state index contributed by atoms with van der Waals surface area (Å²) in [7, 11) is 0. The third kappa shape index (κ3) is 2.39. The Kier molecular flexibility index (Phi) is 3.39. The number of fused-ring (bicyclic) bond motifs is 3. The lowest BCUT2D eigenvalue weighted by Crippen LogP contribution is -2.06. The summed E-state index contributed by atoms with van der Waals surface area (Å²) in [5.41, 5.74) is 5.25. The van der Waals surface area contributed by atoms with E-state index in [0.717, 1.165) is 29.2 Å². The molecule has 3 N–H and O–H groups in total. The molecule has 0 unspecified atom stereocenters. The molecule has 0 aliphatic heterocycles. The van der Waals surface area contributed by atoms with Crippen LogP contribution in [0.3, 0.4) is 0 Å². The highest BCUT2D eigenvalue weighted by atomic mass is 16.5. The van der Waals surface area contributed by atoms with Gasteiger partial charge in [0.2, 0.25) is 11.8 Å². The van der Waals surface area contributed by atoms with Crippen molar-refractivity contribution < 1.29 is 25.0 Å². The van der Waals surface area contributed by atoms with Gasteiger partial charge in [-0.3, -0.25) is 0 Å². The van der Waals surface area contributed by atoms with E-state index in [4.69, 9.17) is 4.74 Å². The van der Waals surface area contributed by atoms with Crippen LogP contribution < -0.4 is 0 Å². The quantitative estimate of drug-likeness (QED) is 0.395. The highest BCUT2D eigenvalue weighted by molar-refractivity contribution is 5.92. The number of hydrogen-bond donors (Lipinski definition) is 3. The van der Waals surface area contributed by atoms with Gasteiger partial charge in [-0.05, 0) is 34.2 Å². The predicted octanol–water partition coefficient (Wildman–Crippen LogP) is 3.06. The molecule has 0 radical (unpaired) electrons. The maximum atomic E-state index is 12.1. The molecule has 0 spiro atoms. The molecule has 25 heavy (non-hydrogen) atoms. The van der Waals surface area contributed by atoms with Crippen LogP contribution in [-0.2, 0) is 17.8 Å². The van der Waals surface area contributed by atoms with Gasteiger partial charge in [0.25, 0.3) is 0 Å². The SMILES string of the molecule is O=C(OCc1cccc2c1Cc1ccccc1-2)c1cc(O)n(O)c1O. The number of aromatic hydroxyl groups is 2. The van der Waals surface area contributed by atoms with Gasteiger partial charge in [-0.1, -0.05) is 42.5 Å². The minimum absolute atomic E-state index is 0.0345. The summed E-state index contributed by atoms with van der Waals surface area (Å²) >= 11 is 0. The summed E-state index contributed by atoms with van der Waals surface area (Å²) < 4.78 is 5.37. The normalized spacial score (nSPS) is 11.8. The third-order valence-corrected chi connectivity index (χ3v) is 4.46. The van der Waals surface area contributed by atoms with E-state index in [2.05, 4.69) is 12.1 Å². The third-order valence-electron chi connectivity index (χ3n) is 4.46. The second-order valence-corrected chi connectivity index (χ2v) is 5.90. The Morgan fingerprint density at radius 2 is 1.84 bits per heavy atom. The molecule has 0 atom stereocenters. The summed E-state index contributed by atoms with van der Waals surface area (Å²) in [6.45, 7) is 0.0345. The Bertz CT molecular complexity index is 989. The Balaban J connectivity index is 1.57. The Labute approximate surface area is 143 Å². The van der Waals surface area contributed by atoms with Crippen molar-refractivity contribution in [3.8, 4) is 22.9 Å². The molecule has 1 aromatic heterocycles. The maximum absolute atomic E-state index is 12.1. The molecule has 1 aliphatic rings. The van der Waals surface area contributed by atoms with E-state index >= 15 is 0 Å². The van der Waals surface area contributed by atoms with Crippen molar-refractivity contribution in [3.05, 3.63) is 70.8 Å². The molecule has 0 amide bonds. The van der Waals surface area contributed by atoms with E-state index in [1.54, 1.807) is 0 Å². The van der Waals surface area contributed by atoms with Crippen LogP contribution in [0.4, 0.5) is 0 Å². The summed E-state index contributed by atoms with van der Waals surface area (Å²) in [6.07, 6.45) is 0.776. The largest absolute Gasteiger partial charge is 0.492 e. The Morgan fingerprint density at radius 3 is 2.60 bits per heavy atom. The Hall–Kier alpha value is -3.41. The molecule has 6 heteroatoms. The zero-order chi connectivity index (χ0) is 17.6. The van der Waals surface area contributed by atoms with Gasteiger partial charge in [0.15, 0.2) is 0 Å².